The summed E-state index contributed by atoms with van der Waals surface area (Å²) in [5.74, 6) is 0.297. The van der Waals surface area contributed by atoms with Crippen LogP contribution in [0, 0.1) is 5.92 Å². The number of carbonyl (C=O) groups excluding carboxylic acids is 1. The maximum Gasteiger partial charge on any atom is 0.433 e. The van der Waals surface area contributed by atoms with Gasteiger partial charge >= 0.3 is 6.18 Å². The lowest BCUT2D eigenvalue weighted by Crippen LogP contribution is -2.34. The number of nitrogens with zero attached hydrogens (tertiary/aromatic N) is 2. The number of aromatic nitrogens is 2. The zero-order chi connectivity index (χ0) is 17.9. The van der Waals surface area contributed by atoms with Gasteiger partial charge in [0.2, 0.25) is 0 Å². The van der Waals surface area contributed by atoms with Crippen LogP contribution in [0.4, 0.5) is 24.7 Å². The minimum absolute atomic E-state index is 0.167. The van der Waals surface area contributed by atoms with Crippen LogP contribution in [0.15, 0.2) is 36.7 Å². The highest BCUT2D eigenvalue weighted by atomic mass is 19.4. The zero-order valence-electron chi connectivity index (χ0n) is 13.0. The van der Waals surface area contributed by atoms with Crippen LogP contribution in [0.5, 0.6) is 0 Å². The normalized spacial score (nSPS) is 14.7. The fourth-order valence-electron chi connectivity index (χ4n) is 2.21. The van der Waals surface area contributed by atoms with Crippen LogP contribution >= 0.6 is 0 Å². The molecule has 132 valence electrons. The van der Waals surface area contributed by atoms with E-state index < -0.39 is 17.8 Å². The predicted octanol–water partition coefficient (Wildman–Crippen LogP) is 2.81. The van der Waals surface area contributed by atoms with Gasteiger partial charge in [0, 0.05) is 18.7 Å². The molecule has 1 saturated heterocycles. The van der Waals surface area contributed by atoms with Crippen molar-refractivity contribution in [1.29, 1.82) is 0 Å². The molecule has 9 heteroatoms. The van der Waals surface area contributed by atoms with E-state index in [0.717, 1.165) is 18.3 Å². The molecule has 0 aliphatic carbocycles. The fraction of sp³-hybridized carbons (Fsp3) is 0.312. The molecule has 2 N–H and O–H groups in total. The van der Waals surface area contributed by atoms with E-state index in [1.807, 2.05) is 0 Å². The Morgan fingerprint density at radius 3 is 2.64 bits per heavy atom. The molecule has 25 heavy (non-hydrogen) atoms. The van der Waals surface area contributed by atoms with Gasteiger partial charge in [0.05, 0.1) is 30.7 Å². The largest absolute Gasteiger partial charge is 0.433 e. The number of alkyl halides is 3. The summed E-state index contributed by atoms with van der Waals surface area (Å²) in [4.78, 5) is 19.8. The molecule has 0 atom stereocenters. The van der Waals surface area contributed by atoms with E-state index in [4.69, 9.17) is 4.74 Å². The van der Waals surface area contributed by atoms with Crippen LogP contribution in [0.3, 0.4) is 0 Å². The molecule has 0 aromatic carbocycles. The maximum absolute atomic E-state index is 12.5. The van der Waals surface area contributed by atoms with Crippen molar-refractivity contribution in [2.24, 2.45) is 5.92 Å². The molecule has 1 amide bonds. The molecule has 6 nitrogen and oxygen atoms in total. The van der Waals surface area contributed by atoms with Gasteiger partial charge in [0.1, 0.15) is 11.5 Å². The van der Waals surface area contributed by atoms with Crippen LogP contribution in [0.25, 0.3) is 0 Å². The number of amides is 1. The number of pyridine rings is 2. The lowest BCUT2D eigenvalue weighted by atomic mass is 10.1. The summed E-state index contributed by atoms with van der Waals surface area (Å²) >= 11 is 0. The molecule has 3 heterocycles. The average Bonchev–Trinajstić information content (AvgIpc) is 2.53. The third kappa shape index (κ3) is 4.24. The molecular formula is C16H15F3N4O2. The van der Waals surface area contributed by atoms with E-state index in [0.29, 0.717) is 37.1 Å². The first-order chi connectivity index (χ1) is 11.9. The summed E-state index contributed by atoms with van der Waals surface area (Å²) in [6.07, 6.45) is -2.00. The Kier molecular flexibility index (Phi) is 4.84. The Labute approximate surface area is 141 Å². The van der Waals surface area contributed by atoms with E-state index in [1.165, 1.54) is 0 Å². The van der Waals surface area contributed by atoms with Crippen LogP contribution in [0.2, 0.25) is 0 Å². The summed E-state index contributed by atoms with van der Waals surface area (Å²) in [7, 11) is 0. The van der Waals surface area contributed by atoms with Crippen molar-refractivity contribution in [3.63, 3.8) is 0 Å². The molecular weight excluding hydrogens is 337 g/mol. The summed E-state index contributed by atoms with van der Waals surface area (Å²) in [5.41, 5.74) is -0.556. The van der Waals surface area contributed by atoms with E-state index in [2.05, 4.69) is 20.6 Å². The summed E-state index contributed by atoms with van der Waals surface area (Å²) < 4.78 is 42.6. The van der Waals surface area contributed by atoms with Crippen LogP contribution in [-0.4, -0.2) is 35.6 Å². The number of hydrogen-bond acceptors (Lipinski definition) is 5. The number of halogens is 3. The topological polar surface area (TPSA) is 76.1 Å². The van der Waals surface area contributed by atoms with E-state index in [1.54, 1.807) is 18.3 Å². The Morgan fingerprint density at radius 1 is 1.24 bits per heavy atom. The Bertz CT molecular complexity index is 746. The Hall–Kier alpha value is -2.68. The first kappa shape index (κ1) is 17.2. The number of anilines is 2. The molecule has 2 aromatic heterocycles. The lowest BCUT2D eigenvalue weighted by molar-refractivity contribution is -0.141. The van der Waals surface area contributed by atoms with E-state index >= 15 is 0 Å². The fourth-order valence-corrected chi connectivity index (χ4v) is 2.21. The lowest BCUT2D eigenvalue weighted by Gasteiger charge is -2.26. The van der Waals surface area contributed by atoms with Gasteiger partial charge in [-0.15, -0.1) is 0 Å². The second-order valence-corrected chi connectivity index (χ2v) is 5.57. The SMILES string of the molecule is O=C(Nc1ccc(C(F)(F)F)nc1)c1cccnc1NCC1COC1. The molecule has 0 bridgehead atoms. The maximum atomic E-state index is 12.5. The summed E-state index contributed by atoms with van der Waals surface area (Å²) in [6, 6.07) is 5.16. The minimum atomic E-state index is -4.52. The van der Waals surface area contributed by atoms with Crippen molar-refractivity contribution in [3.8, 4) is 0 Å². The number of carbonyl (C=O) groups is 1. The van der Waals surface area contributed by atoms with Crippen molar-refractivity contribution in [2.45, 2.75) is 6.18 Å². The number of ether oxygens (including phenoxy) is 1. The van der Waals surface area contributed by atoms with Crippen molar-refractivity contribution < 1.29 is 22.7 Å². The van der Waals surface area contributed by atoms with Crippen LogP contribution in [-0.2, 0) is 10.9 Å². The third-order valence-corrected chi connectivity index (χ3v) is 3.63. The first-order valence-electron chi connectivity index (χ1n) is 7.55. The summed E-state index contributed by atoms with van der Waals surface area (Å²) in [5, 5.41) is 5.61. The van der Waals surface area contributed by atoms with Crippen molar-refractivity contribution in [1.82, 2.24) is 9.97 Å². The van der Waals surface area contributed by atoms with Crippen molar-refractivity contribution >= 4 is 17.4 Å². The Balaban J connectivity index is 1.68. The van der Waals surface area contributed by atoms with Crippen LogP contribution < -0.4 is 10.6 Å². The molecule has 3 rings (SSSR count). The first-order valence-corrected chi connectivity index (χ1v) is 7.55. The number of hydrogen-bond donors (Lipinski definition) is 2. The molecule has 1 fully saturated rings. The number of nitrogens with one attached hydrogen (secondary N) is 2. The van der Waals surface area contributed by atoms with Crippen LogP contribution in [0.1, 0.15) is 16.1 Å². The van der Waals surface area contributed by atoms with Gasteiger partial charge in [-0.05, 0) is 24.3 Å². The van der Waals surface area contributed by atoms with Gasteiger partial charge in [0.25, 0.3) is 5.91 Å². The molecule has 2 aromatic rings. The molecule has 0 spiro atoms. The highest BCUT2D eigenvalue weighted by Crippen LogP contribution is 2.28. The van der Waals surface area contributed by atoms with Gasteiger partial charge < -0.3 is 15.4 Å². The molecule has 0 radical (unpaired) electrons. The van der Waals surface area contributed by atoms with Gasteiger partial charge in [-0.25, -0.2) is 9.97 Å². The smallest absolute Gasteiger partial charge is 0.381 e. The van der Waals surface area contributed by atoms with Crippen molar-refractivity contribution in [3.05, 3.63) is 47.9 Å². The van der Waals surface area contributed by atoms with E-state index in [9.17, 15) is 18.0 Å². The standard InChI is InChI=1S/C16H15F3N4O2/c17-16(18,19)13-4-3-11(7-21-13)23-15(24)12-2-1-5-20-14(12)22-6-10-8-25-9-10/h1-5,7,10H,6,8-9H2,(H,20,22)(H,23,24). The average molecular weight is 352 g/mol. The highest BCUT2D eigenvalue weighted by Gasteiger charge is 2.32. The van der Waals surface area contributed by atoms with Crippen molar-refractivity contribution in [2.75, 3.05) is 30.4 Å². The highest BCUT2D eigenvalue weighted by molar-refractivity contribution is 6.07. The van der Waals surface area contributed by atoms with Gasteiger partial charge in [0.15, 0.2) is 0 Å². The summed E-state index contributed by atoms with van der Waals surface area (Å²) in [6.45, 7) is 1.95. The second-order valence-electron chi connectivity index (χ2n) is 5.57. The quantitative estimate of drug-likeness (QED) is 0.865. The predicted molar refractivity (Wildman–Crippen MR) is 84.2 cm³/mol. The Morgan fingerprint density at radius 2 is 2.04 bits per heavy atom. The molecule has 1 aliphatic rings. The second kappa shape index (κ2) is 7.06. The monoisotopic (exact) mass is 352 g/mol. The molecule has 0 unspecified atom stereocenters. The minimum Gasteiger partial charge on any atom is -0.381 e. The van der Waals surface area contributed by atoms with E-state index in [-0.39, 0.29) is 5.69 Å². The van der Waals surface area contributed by atoms with Gasteiger partial charge in [-0.2, -0.15) is 13.2 Å². The molecule has 1 aliphatic heterocycles. The zero-order valence-corrected chi connectivity index (χ0v) is 13.0. The third-order valence-electron chi connectivity index (χ3n) is 3.63. The van der Waals surface area contributed by atoms with Gasteiger partial charge in [-0.3, -0.25) is 4.79 Å². The number of rotatable bonds is 5. The molecule has 0 saturated carbocycles. The van der Waals surface area contributed by atoms with Gasteiger partial charge in [-0.1, -0.05) is 0 Å².